The highest BCUT2D eigenvalue weighted by Crippen LogP contribution is 2.26. The van der Waals surface area contributed by atoms with Crippen LogP contribution in [-0.4, -0.2) is 38.0 Å². The summed E-state index contributed by atoms with van der Waals surface area (Å²) < 4.78 is 1.62. The van der Waals surface area contributed by atoms with Gasteiger partial charge in [0.2, 0.25) is 0 Å². The first kappa shape index (κ1) is 24.6. The molecule has 3 aromatic rings. The molecule has 0 atom stereocenters. The van der Waals surface area contributed by atoms with Crippen LogP contribution in [0.2, 0.25) is 0 Å². The summed E-state index contributed by atoms with van der Waals surface area (Å²) in [6.07, 6.45) is 3.39. The van der Waals surface area contributed by atoms with Crippen molar-refractivity contribution in [2.24, 2.45) is 7.05 Å². The number of aromatic nitrogens is 3. The standard InChI is InChI=1S/C28H35N5O2/c1-7-22-14-25(32(6)31-22)26(34)30-16-24-18(2)29-15-20-17-33(13-12-23(20)24)27(35)19-8-10-21(11-9-19)28(3,4)5/h8-11,14-15H,7,12-13,16-17H2,1-6H3,(H,30,34). The van der Waals surface area contributed by atoms with Gasteiger partial charge in [-0.2, -0.15) is 5.10 Å². The Hall–Kier alpha value is -3.48. The maximum Gasteiger partial charge on any atom is 0.269 e. The number of aryl methyl sites for hydroxylation is 3. The first-order valence-electron chi connectivity index (χ1n) is 12.3. The number of nitrogens with zero attached hydrogens (tertiary/aromatic N) is 4. The molecule has 7 nitrogen and oxygen atoms in total. The molecule has 0 aliphatic carbocycles. The number of pyridine rings is 1. The third-order valence-electron chi connectivity index (χ3n) is 6.83. The summed E-state index contributed by atoms with van der Waals surface area (Å²) in [5.41, 5.74) is 7.57. The van der Waals surface area contributed by atoms with Crippen molar-refractivity contribution < 1.29 is 9.59 Å². The van der Waals surface area contributed by atoms with E-state index < -0.39 is 0 Å². The van der Waals surface area contributed by atoms with Gasteiger partial charge in [0.15, 0.2) is 0 Å². The van der Waals surface area contributed by atoms with Crippen LogP contribution in [0, 0.1) is 6.92 Å². The summed E-state index contributed by atoms with van der Waals surface area (Å²) in [7, 11) is 1.79. The third-order valence-corrected chi connectivity index (χ3v) is 6.83. The predicted octanol–water partition coefficient (Wildman–Crippen LogP) is 4.11. The van der Waals surface area contributed by atoms with Crippen LogP contribution < -0.4 is 5.32 Å². The van der Waals surface area contributed by atoms with E-state index in [0.717, 1.165) is 35.4 Å². The van der Waals surface area contributed by atoms with E-state index in [-0.39, 0.29) is 17.2 Å². The molecule has 2 aromatic heterocycles. The van der Waals surface area contributed by atoms with E-state index in [2.05, 4.69) is 36.2 Å². The maximum atomic E-state index is 13.2. The van der Waals surface area contributed by atoms with Gasteiger partial charge in [0.05, 0.1) is 5.69 Å². The molecule has 1 N–H and O–H groups in total. The molecule has 7 heteroatoms. The molecule has 35 heavy (non-hydrogen) atoms. The normalized spacial score (nSPS) is 13.5. The molecule has 1 aliphatic heterocycles. The third kappa shape index (κ3) is 5.14. The molecule has 1 aliphatic rings. The molecule has 184 valence electrons. The lowest BCUT2D eigenvalue weighted by Crippen LogP contribution is -2.37. The van der Waals surface area contributed by atoms with Crippen LogP contribution in [0.1, 0.15) is 82.2 Å². The van der Waals surface area contributed by atoms with Gasteiger partial charge in [-0.3, -0.25) is 19.3 Å². The number of rotatable bonds is 5. The van der Waals surface area contributed by atoms with Gasteiger partial charge >= 0.3 is 0 Å². The molecule has 3 heterocycles. The van der Waals surface area contributed by atoms with Gasteiger partial charge in [0.1, 0.15) is 5.69 Å². The highest BCUT2D eigenvalue weighted by Gasteiger charge is 2.25. The second-order valence-electron chi connectivity index (χ2n) is 10.3. The van der Waals surface area contributed by atoms with Gasteiger partial charge in [-0.15, -0.1) is 0 Å². The zero-order chi connectivity index (χ0) is 25.3. The van der Waals surface area contributed by atoms with Crippen LogP contribution in [0.4, 0.5) is 0 Å². The quantitative estimate of drug-likeness (QED) is 0.605. The molecule has 0 radical (unpaired) electrons. The summed E-state index contributed by atoms with van der Waals surface area (Å²) in [5.74, 6) is -0.113. The highest BCUT2D eigenvalue weighted by atomic mass is 16.2. The zero-order valence-electron chi connectivity index (χ0n) is 21.6. The summed E-state index contributed by atoms with van der Waals surface area (Å²) >= 11 is 0. The average Bonchev–Trinajstić information content (AvgIpc) is 3.23. The van der Waals surface area contributed by atoms with Crippen LogP contribution in [0.15, 0.2) is 36.5 Å². The monoisotopic (exact) mass is 473 g/mol. The van der Waals surface area contributed by atoms with Gasteiger partial charge in [-0.25, -0.2) is 0 Å². The minimum Gasteiger partial charge on any atom is -0.347 e. The first-order chi connectivity index (χ1) is 16.6. The Bertz CT molecular complexity index is 1250. The molecule has 4 rings (SSSR count). The number of hydrogen-bond donors (Lipinski definition) is 1. The fourth-order valence-corrected chi connectivity index (χ4v) is 4.60. The summed E-state index contributed by atoms with van der Waals surface area (Å²) in [4.78, 5) is 32.4. The number of amides is 2. The minimum atomic E-state index is -0.150. The van der Waals surface area contributed by atoms with Crippen molar-refractivity contribution in [3.8, 4) is 0 Å². The molecule has 0 bridgehead atoms. The largest absolute Gasteiger partial charge is 0.347 e. The fraction of sp³-hybridized carbons (Fsp3) is 0.429. The Morgan fingerprint density at radius 3 is 2.49 bits per heavy atom. The molecule has 0 saturated carbocycles. The Morgan fingerprint density at radius 1 is 1.14 bits per heavy atom. The summed E-state index contributed by atoms with van der Waals surface area (Å²) in [5, 5.41) is 7.41. The predicted molar refractivity (Wildman–Crippen MR) is 136 cm³/mol. The van der Waals surface area contributed by atoms with Crippen LogP contribution in [0.5, 0.6) is 0 Å². The van der Waals surface area contributed by atoms with Crippen molar-refractivity contribution in [1.82, 2.24) is 25.0 Å². The number of carbonyl (C=O) groups excluding carboxylic acids is 2. The van der Waals surface area contributed by atoms with Crippen molar-refractivity contribution >= 4 is 11.8 Å². The molecule has 0 spiro atoms. The second kappa shape index (κ2) is 9.64. The number of hydrogen-bond acceptors (Lipinski definition) is 4. The van der Waals surface area contributed by atoms with Gasteiger partial charge < -0.3 is 10.2 Å². The lowest BCUT2D eigenvalue weighted by molar-refractivity contribution is 0.0734. The number of nitrogens with one attached hydrogen (secondary N) is 1. The van der Waals surface area contributed by atoms with Crippen molar-refractivity contribution in [3.63, 3.8) is 0 Å². The number of carbonyl (C=O) groups is 2. The number of fused-ring (bicyclic) bond motifs is 1. The van der Waals surface area contributed by atoms with E-state index in [0.29, 0.717) is 30.9 Å². The molecule has 0 unspecified atom stereocenters. The van der Waals surface area contributed by atoms with E-state index >= 15 is 0 Å². The van der Waals surface area contributed by atoms with Gasteiger partial charge in [-0.1, -0.05) is 39.8 Å². The SMILES string of the molecule is CCc1cc(C(=O)NCc2c(C)ncc3c2CCN(C(=O)c2ccc(C(C)(C)C)cc2)C3)n(C)n1. The van der Waals surface area contributed by atoms with E-state index in [4.69, 9.17) is 0 Å². The molecule has 2 amide bonds. The highest BCUT2D eigenvalue weighted by molar-refractivity contribution is 5.94. The zero-order valence-corrected chi connectivity index (χ0v) is 21.6. The molecular formula is C28H35N5O2. The van der Waals surface area contributed by atoms with Crippen molar-refractivity contribution in [2.75, 3.05) is 6.54 Å². The van der Waals surface area contributed by atoms with Crippen LogP contribution in [-0.2, 0) is 38.4 Å². The number of benzene rings is 1. The Morgan fingerprint density at radius 2 is 1.86 bits per heavy atom. The van der Waals surface area contributed by atoms with Gasteiger partial charge in [-0.05, 0) is 65.6 Å². The molecule has 0 saturated heterocycles. The smallest absolute Gasteiger partial charge is 0.269 e. The molecule has 1 aromatic carbocycles. The van der Waals surface area contributed by atoms with Crippen molar-refractivity contribution in [3.05, 3.63) is 81.4 Å². The topological polar surface area (TPSA) is 80.1 Å². The van der Waals surface area contributed by atoms with Gasteiger partial charge in [0, 0.05) is 44.1 Å². The lowest BCUT2D eigenvalue weighted by Gasteiger charge is -2.31. The van der Waals surface area contributed by atoms with Crippen molar-refractivity contribution in [1.29, 1.82) is 0 Å². The fourth-order valence-electron chi connectivity index (χ4n) is 4.60. The molecular weight excluding hydrogens is 438 g/mol. The van der Waals surface area contributed by atoms with Crippen LogP contribution >= 0.6 is 0 Å². The Balaban J connectivity index is 1.48. The van der Waals surface area contributed by atoms with Crippen LogP contribution in [0.25, 0.3) is 0 Å². The Kier molecular flexibility index (Phi) is 6.79. The minimum absolute atomic E-state index is 0.0365. The maximum absolute atomic E-state index is 13.2. The summed E-state index contributed by atoms with van der Waals surface area (Å²) in [6, 6.07) is 9.77. The van der Waals surface area contributed by atoms with Crippen LogP contribution in [0.3, 0.4) is 0 Å². The second-order valence-corrected chi connectivity index (χ2v) is 10.3. The van der Waals surface area contributed by atoms with E-state index in [1.165, 1.54) is 11.1 Å². The average molecular weight is 474 g/mol. The van der Waals surface area contributed by atoms with E-state index in [1.807, 2.05) is 55.3 Å². The first-order valence-corrected chi connectivity index (χ1v) is 12.3. The summed E-state index contributed by atoms with van der Waals surface area (Å²) in [6.45, 7) is 12.0. The van der Waals surface area contributed by atoms with E-state index in [9.17, 15) is 9.59 Å². The van der Waals surface area contributed by atoms with E-state index in [1.54, 1.807) is 11.7 Å². The van der Waals surface area contributed by atoms with Crippen molar-refractivity contribution in [2.45, 2.75) is 66.0 Å². The van der Waals surface area contributed by atoms with Gasteiger partial charge in [0.25, 0.3) is 11.8 Å². The lowest BCUT2D eigenvalue weighted by atomic mass is 9.86. The molecule has 0 fully saturated rings. The Labute approximate surface area is 207 Å².